The fourth-order valence-electron chi connectivity index (χ4n) is 2.60. The number of nitrogens with zero attached hydrogens (tertiary/aromatic N) is 1. The van der Waals surface area contributed by atoms with Crippen LogP contribution in [-0.4, -0.2) is 41.1 Å². The van der Waals surface area contributed by atoms with Gasteiger partial charge < -0.3 is 21.1 Å². The lowest BCUT2D eigenvalue weighted by Gasteiger charge is -2.37. The largest absolute Gasteiger partial charge is 0.508 e. The number of phenolic OH excluding ortho intramolecular Hbond substituents is 1. The molecule has 0 aliphatic carbocycles. The summed E-state index contributed by atoms with van der Waals surface area (Å²) in [5, 5.41) is 12.7. The van der Waals surface area contributed by atoms with E-state index in [1.54, 1.807) is 12.1 Å². The Labute approximate surface area is 144 Å². The first kappa shape index (κ1) is 19.6. The number of hydrogen-bond donors (Lipinski definition) is 3. The summed E-state index contributed by atoms with van der Waals surface area (Å²) in [6, 6.07) is 6.96. The van der Waals surface area contributed by atoms with Gasteiger partial charge in [0, 0.05) is 24.8 Å². The number of nitrogens with one attached hydrogen (secondary N) is 1. The maximum Gasteiger partial charge on any atom is 0.240 e. The molecule has 2 rings (SSSR count). The van der Waals surface area contributed by atoms with Crippen LogP contribution in [0.5, 0.6) is 5.75 Å². The first-order valence-corrected chi connectivity index (χ1v) is 7.87. The van der Waals surface area contributed by atoms with E-state index < -0.39 is 6.04 Å². The maximum atomic E-state index is 12.4. The van der Waals surface area contributed by atoms with Gasteiger partial charge in [-0.25, -0.2) is 0 Å². The minimum Gasteiger partial charge on any atom is -0.508 e. The van der Waals surface area contributed by atoms with Crippen LogP contribution in [0.4, 0.5) is 5.69 Å². The number of anilines is 1. The Morgan fingerprint density at radius 2 is 1.78 bits per heavy atom. The zero-order chi connectivity index (χ0) is 16.3. The second-order valence-electron chi connectivity index (χ2n) is 7.13. The van der Waals surface area contributed by atoms with E-state index >= 15 is 0 Å². The third kappa shape index (κ3) is 5.29. The van der Waals surface area contributed by atoms with E-state index in [4.69, 9.17) is 5.73 Å². The van der Waals surface area contributed by atoms with Crippen molar-refractivity contribution in [2.45, 2.75) is 45.7 Å². The molecule has 130 valence electrons. The zero-order valence-corrected chi connectivity index (χ0v) is 14.9. The minimum absolute atomic E-state index is 0. The summed E-state index contributed by atoms with van der Waals surface area (Å²) < 4.78 is 0. The monoisotopic (exact) mass is 341 g/mol. The molecule has 0 radical (unpaired) electrons. The van der Waals surface area contributed by atoms with Crippen molar-refractivity contribution in [2.75, 3.05) is 18.4 Å². The molecule has 4 N–H and O–H groups in total. The van der Waals surface area contributed by atoms with Gasteiger partial charge in [-0.2, -0.15) is 0 Å². The summed E-state index contributed by atoms with van der Waals surface area (Å²) in [6.07, 6.45) is 1.81. The topological polar surface area (TPSA) is 78.6 Å². The number of hydrogen-bond acceptors (Lipinski definition) is 4. The van der Waals surface area contributed by atoms with Crippen molar-refractivity contribution in [1.29, 1.82) is 0 Å². The van der Waals surface area contributed by atoms with Crippen LogP contribution in [0.1, 0.15) is 33.6 Å². The maximum absolute atomic E-state index is 12.4. The van der Waals surface area contributed by atoms with Gasteiger partial charge in [-0.3, -0.25) is 4.79 Å². The predicted octanol–water partition coefficient (Wildman–Crippen LogP) is 2.59. The second kappa shape index (κ2) is 7.88. The number of benzene rings is 1. The SMILES string of the molecule is CC(C)(C)[C@H](N)C(=O)N1CCC(Nc2ccc(O)cc2)CC1.Cl. The summed E-state index contributed by atoms with van der Waals surface area (Å²) in [7, 11) is 0. The van der Waals surface area contributed by atoms with Crippen LogP contribution in [0.25, 0.3) is 0 Å². The number of rotatable bonds is 3. The first-order valence-electron chi connectivity index (χ1n) is 7.87. The molecule has 0 saturated carbocycles. The highest BCUT2D eigenvalue weighted by Crippen LogP contribution is 2.22. The van der Waals surface area contributed by atoms with Gasteiger partial charge in [-0.1, -0.05) is 20.8 Å². The lowest BCUT2D eigenvalue weighted by molar-refractivity contribution is -0.135. The Morgan fingerprint density at radius 3 is 2.26 bits per heavy atom. The molecule has 1 aromatic carbocycles. The smallest absolute Gasteiger partial charge is 0.240 e. The second-order valence-corrected chi connectivity index (χ2v) is 7.13. The van der Waals surface area contributed by atoms with Gasteiger partial charge in [0.2, 0.25) is 5.91 Å². The number of aromatic hydroxyl groups is 1. The van der Waals surface area contributed by atoms with Crippen LogP contribution in [0.3, 0.4) is 0 Å². The highest BCUT2D eigenvalue weighted by Gasteiger charge is 2.32. The lowest BCUT2D eigenvalue weighted by atomic mass is 9.86. The summed E-state index contributed by atoms with van der Waals surface area (Å²) in [5.41, 5.74) is 6.85. The van der Waals surface area contributed by atoms with E-state index in [-0.39, 0.29) is 29.5 Å². The van der Waals surface area contributed by atoms with Crippen LogP contribution in [0, 0.1) is 5.41 Å². The van der Waals surface area contributed by atoms with E-state index in [9.17, 15) is 9.90 Å². The normalized spacial score (nSPS) is 17.3. The van der Waals surface area contributed by atoms with Crippen LogP contribution >= 0.6 is 12.4 Å². The summed E-state index contributed by atoms with van der Waals surface area (Å²) in [5.74, 6) is 0.317. The van der Waals surface area contributed by atoms with E-state index in [1.165, 1.54) is 0 Å². The Bertz CT molecular complexity index is 506. The number of nitrogens with two attached hydrogens (primary N) is 1. The fourth-order valence-corrected chi connectivity index (χ4v) is 2.60. The lowest BCUT2D eigenvalue weighted by Crippen LogP contribution is -2.53. The molecule has 1 aromatic rings. The highest BCUT2D eigenvalue weighted by atomic mass is 35.5. The van der Waals surface area contributed by atoms with E-state index in [0.29, 0.717) is 6.04 Å². The standard InChI is InChI=1S/C17H27N3O2.ClH/c1-17(2,3)15(18)16(22)20-10-8-13(9-11-20)19-12-4-6-14(21)7-5-12;/h4-7,13,15,19,21H,8-11,18H2,1-3H3;1H/t15-;/m1./s1. The third-order valence-electron chi connectivity index (χ3n) is 4.24. The number of carbonyl (C=O) groups is 1. The van der Waals surface area contributed by atoms with Gasteiger partial charge in [-0.05, 0) is 42.5 Å². The van der Waals surface area contributed by atoms with Crippen LogP contribution < -0.4 is 11.1 Å². The summed E-state index contributed by atoms with van der Waals surface area (Å²) in [6.45, 7) is 7.45. The first-order chi connectivity index (χ1) is 10.3. The Morgan fingerprint density at radius 1 is 1.26 bits per heavy atom. The molecule has 1 atom stereocenters. The molecule has 1 amide bonds. The zero-order valence-electron chi connectivity index (χ0n) is 14.1. The fraction of sp³-hybridized carbons (Fsp3) is 0.588. The van der Waals surface area contributed by atoms with Crippen molar-refractivity contribution in [2.24, 2.45) is 11.1 Å². The van der Waals surface area contributed by atoms with Crippen LogP contribution in [-0.2, 0) is 4.79 Å². The van der Waals surface area contributed by atoms with Gasteiger partial charge in [0.15, 0.2) is 0 Å². The molecule has 0 bridgehead atoms. The molecule has 1 aliphatic rings. The Kier molecular flexibility index (Phi) is 6.71. The van der Waals surface area contributed by atoms with E-state index in [1.807, 2.05) is 37.8 Å². The molecular weight excluding hydrogens is 314 g/mol. The minimum atomic E-state index is -0.450. The van der Waals surface area contributed by atoms with Gasteiger partial charge in [0.05, 0.1) is 6.04 Å². The molecule has 1 fully saturated rings. The summed E-state index contributed by atoms with van der Waals surface area (Å²) >= 11 is 0. The average molecular weight is 342 g/mol. The molecular formula is C17H28ClN3O2. The molecule has 0 spiro atoms. The number of carbonyl (C=O) groups excluding carboxylic acids is 1. The van der Waals surface area contributed by atoms with Crippen molar-refractivity contribution >= 4 is 24.0 Å². The Balaban J connectivity index is 0.00000264. The van der Waals surface area contributed by atoms with Crippen molar-refractivity contribution in [3.05, 3.63) is 24.3 Å². The average Bonchev–Trinajstić information content (AvgIpc) is 2.48. The van der Waals surface area contributed by atoms with E-state index in [0.717, 1.165) is 31.6 Å². The predicted molar refractivity (Wildman–Crippen MR) is 96.0 cm³/mol. The van der Waals surface area contributed by atoms with Gasteiger partial charge in [0.25, 0.3) is 0 Å². The Hall–Kier alpha value is -1.46. The number of phenols is 1. The third-order valence-corrected chi connectivity index (χ3v) is 4.24. The quantitative estimate of drug-likeness (QED) is 0.738. The molecule has 5 nitrogen and oxygen atoms in total. The van der Waals surface area contributed by atoms with Crippen molar-refractivity contribution < 1.29 is 9.90 Å². The molecule has 0 unspecified atom stereocenters. The summed E-state index contributed by atoms with van der Waals surface area (Å²) in [4.78, 5) is 14.3. The van der Waals surface area contributed by atoms with Crippen LogP contribution in [0.2, 0.25) is 0 Å². The number of amides is 1. The number of halogens is 1. The molecule has 1 saturated heterocycles. The van der Waals surface area contributed by atoms with Crippen molar-refractivity contribution in [1.82, 2.24) is 4.90 Å². The highest BCUT2D eigenvalue weighted by molar-refractivity contribution is 5.85. The molecule has 0 aromatic heterocycles. The van der Waals surface area contributed by atoms with E-state index in [2.05, 4.69) is 5.32 Å². The molecule has 1 heterocycles. The molecule has 1 aliphatic heterocycles. The van der Waals surface area contributed by atoms with Gasteiger partial charge in [0.1, 0.15) is 5.75 Å². The molecule has 6 heteroatoms. The van der Waals surface area contributed by atoms with Gasteiger partial charge in [-0.15, -0.1) is 12.4 Å². The van der Waals surface area contributed by atoms with Crippen molar-refractivity contribution in [3.8, 4) is 5.75 Å². The molecule has 23 heavy (non-hydrogen) atoms. The van der Waals surface area contributed by atoms with Crippen molar-refractivity contribution in [3.63, 3.8) is 0 Å². The number of piperidine rings is 1. The van der Waals surface area contributed by atoms with Gasteiger partial charge >= 0.3 is 0 Å². The number of likely N-dealkylation sites (tertiary alicyclic amines) is 1. The van der Waals surface area contributed by atoms with Crippen LogP contribution in [0.15, 0.2) is 24.3 Å².